The van der Waals surface area contributed by atoms with Gasteiger partial charge in [-0.3, -0.25) is 10.2 Å². The molecule has 1 N–H and O–H groups in total. The number of piperidine rings is 3. The normalized spacial score (nSPS) is 28.1. The Balaban J connectivity index is 1.59. The zero-order chi connectivity index (χ0) is 14.1. The Kier molecular flexibility index (Phi) is 3.65. The number of ether oxygens (including phenoxy) is 1. The lowest BCUT2D eigenvalue weighted by Gasteiger charge is -2.43. The van der Waals surface area contributed by atoms with Gasteiger partial charge in [-0.1, -0.05) is 5.46 Å². The average molecular weight is 276 g/mol. The van der Waals surface area contributed by atoms with E-state index in [4.69, 9.17) is 4.74 Å². The van der Waals surface area contributed by atoms with E-state index < -0.39 is 6.09 Å². The molecule has 6 heteroatoms. The lowest BCUT2D eigenvalue weighted by Crippen LogP contribution is -2.52. The van der Waals surface area contributed by atoms with Crippen molar-refractivity contribution in [1.29, 1.82) is 0 Å². The number of anilines is 1. The fourth-order valence-corrected chi connectivity index (χ4v) is 3.09. The van der Waals surface area contributed by atoms with Gasteiger partial charge in [0.2, 0.25) is 0 Å². The Morgan fingerprint density at radius 2 is 2.15 bits per heavy atom. The van der Waals surface area contributed by atoms with Crippen LogP contribution in [0.2, 0.25) is 0 Å². The number of benzene rings is 1. The summed E-state index contributed by atoms with van der Waals surface area (Å²) in [4.78, 5) is 14.3. The molecule has 3 aliphatic rings. The number of fused-ring (bicyclic) bond motifs is 3. The van der Waals surface area contributed by atoms with E-state index in [0.29, 0.717) is 17.1 Å². The lowest BCUT2D eigenvalue weighted by molar-refractivity contribution is -0.0289. The number of hydrogen-bond acceptors (Lipinski definition) is 3. The third kappa shape index (κ3) is 2.80. The number of carbonyl (C=O) groups is 1. The molecule has 3 fully saturated rings. The second-order valence-corrected chi connectivity index (χ2v) is 5.67. The van der Waals surface area contributed by atoms with Crippen LogP contribution in [0.4, 0.5) is 14.9 Å². The van der Waals surface area contributed by atoms with E-state index in [1.54, 1.807) is 13.9 Å². The number of carbonyl (C=O) groups excluding carboxylic acids is 1. The molecule has 1 atom stereocenters. The second-order valence-electron chi connectivity index (χ2n) is 5.67. The molecule has 1 amide bonds. The van der Waals surface area contributed by atoms with E-state index >= 15 is 0 Å². The summed E-state index contributed by atoms with van der Waals surface area (Å²) >= 11 is 0. The van der Waals surface area contributed by atoms with Crippen molar-refractivity contribution in [2.75, 3.05) is 25.0 Å². The predicted octanol–water partition coefficient (Wildman–Crippen LogP) is 0.727. The smallest absolute Gasteiger partial charge is 0.411 e. The molecule has 3 aliphatic heterocycles. The molecule has 20 heavy (non-hydrogen) atoms. The Hall–Kier alpha value is -1.56. The van der Waals surface area contributed by atoms with E-state index in [9.17, 15) is 9.18 Å². The number of halogens is 1. The number of rotatable bonds is 2. The average Bonchev–Trinajstić information content (AvgIpc) is 2.43. The van der Waals surface area contributed by atoms with Crippen molar-refractivity contribution in [1.82, 2.24) is 4.90 Å². The minimum atomic E-state index is -0.446. The van der Waals surface area contributed by atoms with Crippen LogP contribution in [-0.2, 0) is 4.74 Å². The predicted molar refractivity (Wildman–Crippen MR) is 77.6 cm³/mol. The van der Waals surface area contributed by atoms with Crippen LogP contribution in [0.15, 0.2) is 18.2 Å². The number of nitrogens with zero attached hydrogens (tertiary/aromatic N) is 1. The molecular weight excluding hydrogens is 258 g/mol. The van der Waals surface area contributed by atoms with Gasteiger partial charge in [-0.15, -0.1) is 0 Å². The Bertz CT molecular complexity index is 518. The van der Waals surface area contributed by atoms with E-state index in [2.05, 4.69) is 10.2 Å². The van der Waals surface area contributed by atoms with Gasteiger partial charge in [-0.05, 0) is 50.0 Å². The van der Waals surface area contributed by atoms with Crippen LogP contribution in [-0.4, -0.2) is 44.6 Å². The highest BCUT2D eigenvalue weighted by Crippen LogP contribution is 2.29. The molecule has 3 heterocycles. The Labute approximate surface area is 118 Å². The summed E-state index contributed by atoms with van der Waals surface area (Å²) in [6.07, 6.45) is 1.75. The number of nitrogens with one attached hydrogen (secondary N) is 1. The third-order valence-electron chi connectivity index (χ3n) is 4.28. The summed E-state index contributed by atoms with van der Waals surface area (Å²) in [5.41, 5.74) is 1.29. The molecular formula is C14H18BFN2O2. The first-order chi connectivity index (χ1) is 9.61. The van der Waals surface area contributed by atoms with E-state index in [-0.39, 0.29) is 11.9 Å². The molecule has 1 aromatic rings. The zero-order valence-electron chi connectivity index (χ0n) is 11.6. The van der Waals surface area contributed by atoms with Crippen LogP contribution in [0.5, 0.6) is 0 Å². The molecule has 0 aromatic heterocycles. The molecule has 106 valence electrons. The van der Waals surface area contributed by atoms with Gasteiger partial charge in [0.25, 0.3) is 0 Å². The summed E-state index contributed by atoms with van der Waals surface area (Å²) in [6.45, 7) is 3.06. The molecule has 0 spiro atoms. The van der Waals surface area contributed by atoms with Crippen molar-refractivity contribution in [3.63, 3.8) is 0 Å². The summed E-state index contributed by atoms with van der Waals surface area (Å²) in [5, 5.41) is 2.70. The molecule has 0 saturated carbocycles. The summed E-state index contributed by atoms with van der Waals surface area (Å²) in [6, 6.07) is 4.28. The number of hydrogen-bond donors (Lipinski definition) is 1. The first-order valence-corrected chi connectivity index (χ1v) is 7.08. The monoisotopic (exact) mass is 276 g/mol. The van der Waals surface area contributed by atoms with Gasteiger partial charge >= 0.3 is 6.09 Å². The van der Waals surface area contributed by atoms with Crippen LogP contribution in [0.1, 0.15) is 12.8 Å². The summed E-state index contributed by atoms with van der Waals surface area (Å²) < 4.78 is 18.5. The molecule has 3 saturated heterocycles. The highest BCUT2D eigenvalue weighted by Gasteiger charge is 2.36. The van der Waals surface area contributed by atoms with Crippen LogP contribution < -0.4 is 10.8 Å². The van der Waals surface area contributed by atoms with Crippen molar-refractivity contribution in [2.24, 2.45) is 5.92 Å². The topological polar surface area (TPSA) is 41.6 Å². The van der Waals surface area contributed by atoms with Crippen LogP contribution in [0.3, 0.4) is 0 Å². The lowest BCUT2D eigenvalue weighted by atomic mass is 9.86. The van der Waals surface area contributed by atoms with Crippen LogP contribution in [0.25, 0.3) is 0 Å². The van der Waals surface area contributed by atoms with Gasteiger partial charge in [0.1, 0.15) is 19.8 Å². The second kappa shape index (κ2) is 5.44. The van der Waals surface area contributed by atoms with Gasteiger partial charge in [-0.2, -0.15) is 0 Å². The maximum Gasteiger partial charge on any atom is 0.411 e. The van der Waals surface area contributed by atoms with Crippen LogP contribution >= 0.6 is 0 Å². The van der Waals surface area contributed by atoms with Gasteiger partial charge in [0, 0.05) is 12.2 Å². The Morgan fingerprint density at radius 3 is 2.75 bits per heavy atom. The molecule has 0 radical (unpaired) electrons. The van der Waals surface area contributed by atoms with Gasteiger partial charge < -0.3 is 4.74 Å². The third-order valence-corrected chi connectivity index (χ3v) is 4.28. The molecule has 4 rings (SSSR count). The van der Waals surface area contributed by atoms with Crippen LogP contribution in [0, 0.1) is 11.7 Å². The van der Waals surface area contributed by atoms with Crippen molar-refractivity contribution < 1.29 is 13.9 Å². The van der Waals surface area contributed by atoms with E-state index in [1.165, 1.54) is 12.1 Å². The Morgan fingerprint density at radius 1 is 1.40 bits per heavy atom. The summed E-state index contributed by atoms with van der Waals surface area (Å²) in [5.74, 6) is 0.180. The first-order valence-electron chi connectivity index (χ1n) is 7.08. The molecule has 0 unspecified atom stereocenters. The van der Waals surface area contributed by atoms with Crippen molar-refractivity contribution in [3.05, 3.63) is 24.0 Å². The standard InChI is InChI=1S/C14H18BFN2O2/c15-11-7-10(16)1-2-12(11)17-14(19)20-13-8-18-5-3-9(13)4-6-18/h1-2,7,9,13H,3-6,8,15H2,(H,17,19)/t13-/m0/s1. The molecule has 0 aliphatic carbocycles. The highest BCUT2D eigenvalue weighted by molar-refractivity contribution is 6.36. The van der Waals surface area contributed by atoms with Gasteiger partial charge in [-0.25, -0.2) is 9.18 Å². The largest absolute Gasteiger partial charge is 0.444 e. The SMILES string of the molecule is Bc1cc(F)ccc1NC(=O)O[C@H]1CN2CCC1CC2. The molecule has 1 aromatic carbocycles. The quantitative estimate of drug-likeness (QED) is 0.810. The maximum atomic E-state index is 13.0. The summed E-state index contributed by atoms with van der Waals surface area (Å²) in [7, 11) is 1.76. The fourth-order valence-electron chi connectivity index (χ4n) is 3.09. The van der Waals surface area contributed by atoms with Gasteiger partial charge in [0.05, 0.1) is 0 Å². The molecule has 4 nitrogen and oxygen atoms in total. The number of amides is 1. The van der Waals surface area contributed by atoms with Gasteiger partial charge in [0.15, 0.2) is 0 Å². The minimum absolute atomic E-state index is 0.0155. The maximum absolute atomic E-state index is 13.0. The highest BCUT2D eigenvalue weighted by atomic mass is 19.1. The van der Waals surface area contributed by atoms with E-state index in [1.807, 2.05) is 0 Å². The molecule has 2 bridgehead atoms. The zero-order valence-corrected chi connectivity index (χ0v) is 11.6. The van der Waals surface area contributed by atoms with E-state index in [0.717, 1.165) is 32.5 Å². The fraction of sp³-hybridized carbons (Fsp3) is 0.500. The van der Waals surface area contributed by atoms with Crippen molar-refractivity contribution in [2.45, 2.75) is 18.9 Å². The van der Waals surface area contributed by atoms with Crippen molar-refractivity contribution >= 4 is 25.1 Å². The van der Waals surface area contributed by atoms with Crippen molar-refractivity contribution in [3.8, 4) is 0 Å². The first kappa shape index (κ1) is 13.4. The minimum Gasteiger partial charge on any atom is -0.444 e.